The number of likely N-dealkylation sites (N-methyl/N-ethyl adjacent to an activating group) is 1. The van der Waals surface area contributed by atoms with E-state index in [1.54, 1.807) is 11.9 Å². The maximum atomic E-state index is 12.7. The molecule has 2 fully saturated rings. The molecule has 0 radical (unpaired) electrons. The number of nitrogens with zero attached hydrogens (tertiary/aromatic N) is 3. The fourth-order valence-corrected chi connectivity index (χ4v) is 3.94. The smallest absolute Gasteiger partial charge is 0.237 e. The normalized spacial score (nSPS) is 21.3. The molecule has 6 heteroatoms. The molecule has 0 atom stereocenters. The SMILES string of the molecule is CCCNC(=O)C1CCN(CC(=O)N(C)C2(C#N)CCCCC2)CC1. The number of piperidine rings is 1. The lowest BCUT2D eigenvalue weighted by Crippen LogP contribution is -2.53. The minimum atomic E-state index is -0.617. The Morgan fingerprint density at radius 3 is 2.44 bits per heavy atom. The first-order valence-corrected chi connectivity index (χ1v) is 9.70. The molecule has 1 heterocycles. The first-order valence-electron chi connectivity index (χ1n) is 9.70. The van der Waals surface area contributed by atoms with Gasteiger partial charge in [-0.1, -0.05) is 26.2 Å². The number of hydrogen-bond acceptors (Lipinski definition) is 4. The van der Waals surface area contributed by atoms with Crippen LogP contribution in [0.25, 0.3) is 0 Å². The van der Waals surface area contributed by atoms with Gasteiger partial charge in [0.05, 0.1) is 12.6 Å². The van der Waals surface area contributed by atoms with Crippen molar-refractivity contribution >= 4 is 11.8 Å². The van der Waals surface area contributed by atoms with E-state index in [9.17, 15) is 14.9 Å². The molecule has 2 amide bonds. The van der Waals surface area contributed by atoms with E-state index in [-0.39, 0.29) is 17.7 Å². The third-order valence-electron chi connectivity index (χ3n) is 5.77. The van der Waals surface area contributed by atoms with Crippen LogP contribution in [0.2, 0.25) is 0 Å². The number of nitrogens with one attached hydrogen (secondary N) is 1. The zero-order valence-corrected chi connectivity index (χ0v) is 15.7. The Balaban J connectivity index is 1.82. The highest BCUT2D eigenvalue weighted by atomic mass is 16.2. The fraction of sp³-hybridized carbons (Fsp3) is 0.842. The van der Waals surface area contributed by atoms with Crippen molar-refractivity contribution in [3.63, 3.8) is 0 Å². The molecule has 1 saturated carbocycles. The molecule has 6 nitrogen and oxygen atoms in total. The van der Waals surface area contributed by atoms with Gasteiger partial charge in [0.1, 0.15) is 5.54 Å². The van der Waals surface area contributed by atoms with Crippen molar-refractivity contribution < 1.29 is 9.59 Å². The molecule has 0 bridgehead atoms. The van der Waals surface area contributed by atoms with Crippen LogP contribution in [-0.4, -0.2) is 60.4 Å². The van der Waals surface area contributed by atoms with Gasteiger partial charge >= 0.3 is 0 Å². The molecule has 2 rings (SSSR count). The molecule has 0 aromatic carbocycles. The van der Waals surface area contributed by atoms with Gasteiger partial charge in [0.25, 0.3) is 0 Å². The van der Waals surface area contributed by atoms with Gasteiger partial charge in [0.2, 0.25) is 11.8 Å². The zero-order chi connectivity index (χ0) is 18.3. The molecule has 2 aliphatic rings. The molecule has 1 aliphatic heterocycles. The van der Waals surface area contributed by atoms with E-state index in [1.807, 2.05) is 6.92 Å². The van der Waals surface area contributed by atoms with E-state index < -0.39 is 5.54 Å². The minimum Gasteiger partial charge on any atom is -0.356 e. The summed E-state index contributed by atoms with van der Waals surface area (Å²) in [7, 11) is 1.78. The number of nitriles is 1. The number of rotatable bonds is 6. The number of amides is 2. The Hall–Kier alpha value is -1.61. The lowest BCUT2D eigenvalue weighted by atomic mass is 9.81. The maximum absolute atomic E-state index is 12.7. The fourth-order valence-electron chi connectivity index (χ4n) is 3.94. The molecule has 0 spiro atoms. The van der Waals surface area contributed by atoms with Crippen LogP contribution >= 0.6 is 0 Å². The molecule has 0 aromatic heterocycles. The molecular formula is C19H32N4O2. The van der Waals surface area contributed by atoms with Crippen molar-refractivity contribution in [3.05, 3.63) is 0 Å². The average molecular weight is 348 g/mol. The van der Waals surface area contributed by atoms with Crippen LogP contribution in [0.15, 0.2) is 0 Å². The van der Waals surface area contributed by atoms with Crippen molar-refractivity contribution in [2.24, 2.45) is 5.92 Å². The van der Waals surface area contributed by atoms with Crippen LogP contribution in [0.4, 0.5) is 0 Å². The van der Waals surface area contributed by atoms with Gasteiger partial charge in [-0.15, -0.1) is 0 Å². The second kappa shape index (κ2) is 9.19. The average Bonchev–Trinajstić information content (AvgIpc) is 2.66. The van der Waals surface area contributed by atoms with Gasteiger partial charge in [-0.2, -0.15) is 5.26 Å². The van der Waals surface area contributed by atoms with Crippen LogP contribution in [0.1, 0.15) is 58.3 Å². The summed E-state index contributed by atoms with van der Waals surface area (Å²) < 4.78 is 0. The second-order valence-corrected chi connectivity index (χ2v) is 7.50. The molecule has 1 aliphatic carbocycles. The van der Waals surface area contributed by atoms with Crippen molar-refractivity contribution in [1.82, 2.24) is 15.1 Å². The summed E-state index contributed by atoms with van der Waals surface area (Å²) in [4.78, 5) is 28.5. The molecule has 140 valence electrons. The van der Waals surface area contributed by atoms with Crippen LogP contribution < -0.4 is 5.32 Å². The topological polar surface area (TPSA) is 76.4 Å². The Labute approximate surface area is 151 Å². The second-order valence-electron chi connectivity index (χ2n) is 7.50. The number of carbonyl (C=O) groups excluding carboxylic acids is 2. The summed E-state index contributed by atoms with van der Waals surface area (Å²) in [6.07, 6.45) is 7.31. The number of carbonyl (C=O) groups is 2. The van der Waals surface area contributed by atoms with Crippen LogP contribution in [0.5, 0.6) is 0 Å². The summed E-state index contributed by atoms with van der Waals surface area (Å²) in [6, 6.07) is 2.41. The zero-order valence-electron chi connectivity index (χ0n) is 15.7. The lowest BCUT2D eigenvalue weighted by Gasteiger charge is -2.40. The van der Waals surface area contributed by atoms with E-state index >= 15 is 0 Å². The van der Waals surface area contributed by atoms with E-state index in [1.165, 1.54) is 0 Å². The Morgan fingerprint density at radius 2 is 1.88 bits per heavy atom. The third-order valence-corrected chi connectivity index (χ3v) is 5.77. The van der Waals surface area contributed by atoms with Crippen LogP contribution in [0, 0.1) is 17.2 Å². The Bertz CT molecular complexity index is 500. The summed E-state index contributed by atoms with van der Waals surface area (Å²) >= 11 is 0. The quantitative estimate of drug-likeness (QED) is 0.795. The highest BCUT2D eigenvalue weighted by Crippen LogP contribution is 2.32. The van der Waals surface area contributed by atoms with Crippen molar-refractivity contribution in [3.8, 4) is 6.07 Å². The summed E-state index contributed by atoms with van der Waals surface area (Å²) in [5.41, 5.74) is -0.617. The summed E-state index contributed by atoms with van der Waals surface area (Å²) in [6.45, 7) is 4.67. The molecule has 1 N–H and O–H groups in total. The van der Waals surface area contributed by atoms with E-state index in [0.29, 0.717) is 6.54 Å². The van der Waals surface area contributed by atoms with Gasteiger partial charge in [-0.25, -0.2) is 0 Å². The van der Waals surface area contributed by atoms with Crippen LogP contribution in [-0.2, 0) is 9.59 Å². The van der Waals surface area contributed by atoms with Gasteiger partial charge in [-0.3, -0.25) is 14.5 Å². The van der Waals surface area contributed by atoms with E-state index in [4.69, 9.17) is 0 Å². The summed E-state index contributed by atoms with van der Waals surface area (Å²) in [5, 5.41) is 12.6. The first kappa shape index (κ1) is 19.7. The maximum Gasteiger partial charge on any atom is 0.237 e. The van der Waals surface area contributed by atoms with Gasteiger partial charge in [0.15, 0.2) is 0 Å². The highest BCUT2D eigenvalue weighted by Gasteiger charge is 2.39. The van der Waals surface area contributed by atoms with Gasteiger partial charge < -0.3 is 10.2 Å². The lowest BCUT2D eigenvalue weighted by molar-refractivity contribution is -0.136. The first-order chi connectivity index (χ1) is 12.0. The van der Waals surface area contributed by atoms with Crippen molar-refractivity contribution in [2.75, 3.05) is 33.2 Å². The number of likely N-dealkylation sites (tertiary alicyclic amines) is 1. The summed E-state index contributed by atoms with van der Waals surface area (Å²) in [5.74, 6) is 0.243. The van der Waals surface area contributed by atoms with Gasteiger partial charge in [-0.05, 0) is 45.2 Å². The van der Waals surface area contributed by atoms with Gasteiger partial charge in [0, 0.05) is 19.5 Å². The molecule has 0 aromatic rings. The van der Waals surface area contributed by atoms with Crippen molar-refractivity contribution in [2.45, 2.75) is 63.8 Å². The Morgan fingerprint density at radius 1 is 1.24 bits per heavy atom. The van der Waals surface area contributed by atoms with Crippen LogP contribution in [0.3, 0.4) is 0 Å². The molecular weight excluding hydrogens is 316 g/mol. The van der Waals surface area contributed by atoms with E-state index in [0.717, 1.165) is 71.0 Å². The molecule has 1 saturated heterocycles. The monoisotopic (exact) mass is 348 g/mol. The predicted octanol–water partition coefficient (Wildman–Crippen LogP) is 1.91. The van der Waals surface area contributed by atoms with E-state index in [2.05, 4.69) is 16.3 Å². The predicted molar refractivity (Wildman–Crippen MR) is 96.7 cm³/mol. The molecule has 25 heavy (non-hydrogen) atoms. The van der Waals surface area contributed by atoms with Crippen molar-refractivity contribution in [1.29, 1.82) is 5.26 Å². The largest absolute Gasteiger partial charge is 0.356 e. The standard InChI is InChI=1S/C19H32N4O2/c1-3-11-21-18(25)16-7-12-23(13-8-16)14-17(24)22(2)19(15-20)9-5-4-6-10-19/h16H,3-14H2,1-2H3,(H,21,25). The number of hydrogen-bond donors (Lipinski definition) is 1. The minimum absolute atomic E-state index is 0.0253. The third kappa shape index (κ3) is 4.94. The molecule has 0 unspecified atom stereocenters. The highest BCUT2D eigenvalue weighted by molar-refractivity contribution is 5.80. The Kier molecular flexibility index (Phi) is 7.24.